The number of fused-ring (bicyclic) bond motifs is 1. The lowest BCUT2D eigenvalue weighted by atomic mass is 9.82. The Kier molecular flexibility index (Phi) is 5.32. The number of para-hydroxylation sites is 1. The fourth-order valence-corrected chi connectivity index (χ4v) is 4.61. The van der Waals surface area contributed by atoms with Gasteiger partial charge in [0.15, 0.2) is 5.25 Å². The van der Waals surface area contributed by atoms with Gasteiger partial charge in [-0.1, -0.05) is 12.1 Å². The highest BCUT2D eigenvalue weighted by Crippen LogP contribution is 2.38. The summed E-state index contributed by atoms with van der Waals surface area (Å²) >= 11 is 1.29. The zero-order chi connectivity index (χ0) is 18.0. The summed E-state index contributed by atoms with van der Waals surface area (Å²) in [5, 5.41) is 11.2. The normalized spacial score (nSPS) is 26.0. The maximum Gasteiger partial charge on any atom is 0.306 e. The molecule has 1 unspecified atom stereocenters. The maximum absolute atomic E-state index is 12.5. The highest BCUT2D eigenvalue weighted by atomic mass is 32.2. The van der Waals surface area contributed by atoms with Crippen molar-refractivity contribution in [2.24, 2.45) is 11.8 Å². The Bertz CT molecular complexity index is 685. The molecule has 7 heteroatoms. The van der Waals surface area contributed by atoms with Crippen LogP contribution in [0.15, 0.2) is 29.2 Å². The summed E-state index contributed by atoms with van der Waals surface area (Å²) in [5.74, 6) is -1.18. The Morgan fingerprint density at radius 1 is 1.24 bits per heavy atom. The number of carbonyl (C=O) groups excluding carboxylic acids is 2. The molecule has 2 N–H and O–H groups in total. The van der Waals surface area contributed by atoms with E-state index in [-0.39, 0.29) is 23.7 Å². The van der Waals surface area contributed by atoms with Gasteiger partial charge >= 0.3 is 5.97 Å². The number of carboxylic acid groups (broad SMARTS) is 1. The van der Waals surface area contributed by atoms with Crippen molar-refractivity contribution in [3.8, 4) is 0 Å². The Morgan fingerprint density at radius 2 is 1.92 bits per heavy atom. The topological polar surface area (TPSA) is 86.7 Å². The van der Waals surface area contributed by atoms with E-state index in [1.807, 2.05) is 24.3 Å². The molecule has 0 bridgehead atoms. The third-order valence-electron chi connectivity index (χ3n) is 5.03. The second-order valence-electron chi connectivity index (χ2n) is 6.66. The molecule has 6 nitrogen and oxygen atoms in total. The molecule has 0 spiro atoms. The monoisotopic (exact) mass is 362 g/mol. The van der Waals surface area contributed by atoms with Crippen LogP contribution in [-0.4, -0.2) is 41.7 Å². The molecule has 25 heavy (non-hydrogen) atoms. The number of aliphatic carboxylic acids is 1. The van der Waals surface area contributed by atoms with E-state index in [0.29, 0.717) is 19.4 Å². The van der Waals surface area contributed by atoms with Gasteiger partial charge in [0, 0.05) is 18.5 Å². The standard InChI is InChI=1S/C18H22N2O4S/c1-20-13-4-2-3-5-14(13)25-15(17(20)22)16(21)19-10-11-6-8-12(9-7-11)18(23)24/h2-5,11-12,15H,6-10H2,1H3,(H,19,21)(H,23,24). The van der Waals surface area contributed by atoms with Crippen LogP contribution in [0.1, 0.15) is 25.7 Å². The molecule has 134 valence electrons. The van der Waals surface area contributed by atoms with Crippen molar-refractivity contribution in [2.75, 3.05) is 18.5 Å². The van der Waals surface area contributed by atoms with Gasteiger partial charge < -0.3 is 15.3 Å². The lowest BCUT2D eigenvalue weighted by molar-refractivity contribution is -0.143. The van der Waals surface area contributed by atoms with E-state index in [2.05, 4.69) is 5.32 Å². The van der Waals surface area contributed by atoms with Gasteiger partial charge in [0.25, 0.3) is 0 Å². The molecule has 1 heterocycles. The number of nitrogens with zero attached hydrogens (tertiary/aromatic N) is 1. The minimum Gasteiger partial charge on any atom is -0.481 e. The molecule has 1 aromatic carbocycles. The Balaban J connectivity index is 1.56. The van der Waals surface area contributed by atoms with Gasteiger partial charge in [0.2, 0.25) is 11.8 Å². The van der Waals surface area contributed by atoms with Crippen molar-refractivity contribution >= 4 is 35.2 Å². The summed E-state index contributed by atoms with van der Waals surface area (Å²) < 4.78 is 0. The van der Waals surface area contributed by atoms with Crippen LogP contribution in [-0.2, 0) is 14.4 Å². The van der Waals surface area contributed by atoms with E-state index in [4.69, 9.17) is 5.11 Å². The molecule has 1 aliphatic carbocycles. The highest BCUT2D eigenvalue weighted by Gasteiger charge is 2.36. The third-order valence-corrected chi connectivity index (χ3v) is 6.28. The largest absolute Gasteiger partial charge is 0.481 e. The molecule has 1 atom stereocenters. The molecule has 2 aliphatic rings. The van der Waals surface area contributed by atoms with Crippen LogP contribution in [0.25, 0.3) is 0 Å². The molecule has 0 saturated heterocycles. The van der Waals surface area contributed by atoms with Crippen molar-refractivity contribution in [3.63, 3.8) is 0 Å². The van der Waals surface area contributed by atoms with Crippen molar-refractivity contribution in [3.05, 3.63) is 24.3 Å². The first-order valence-corrected chi connectivity index (χ1v) is 9.39. The first-order valence-electron chi connectivity index (χ1n) is 8.51. The minimum atomic E-state index is -0.768. The van der Waals surface area contributed by atoms with Crippen molar-refractivity contribution < 1.29 is 19.5 Å². The number of benzene rings is 1. The first kappa shape index (κ1) is 17.8. The summed E-state index contributed by atoms with van der Waals surface area (Å²) in [5.41, 5.74) is 0.827. The second-order valence-corrected chi connectivity index (χ2v) is 7.81. The van der Waals surface area contributed by atoms with Crippen LogP contribution in [0.3, 0.4) is 0 Å². The number of nitrogens with one attached hydrogen (secondary N) is 1. The van der Waals surface area contributed by atoms with Crippen molar-refractivity contribution in [1.82, 2.24) is 5.32 Å². The zero-order valence-electron chi connectivity index (χ0n) is 14.1. The van der Waals surface area contributed by atoms with Gasteiger partial charge in [-0.15, -0.1) is 11.8 Å². The number of amides is 2. The molecule has 1 aliphatic heterocycles. The number of carbonyl (C=O) groups is 3. The average molecular weight is 362 g/mol. The predicted octanol–water partition coefficient (Wildman–Crippen LogP) is 2.13. The lowest BCUT2D eigenvalue weighted by Gasteiger charge is -2.31. The van der Waals surface area contributed by atoms with Crippen molar-refractivity contribution in [1.29, 1.82) is 0 Å². The summed E-state index contributed by atoms with van der Waals surface area (Å²) in [4.78, 5) is 38.4. The predicted molar refractivity (Wildman–Crippen MR) is 95.6 cm³/mol. The lowest BCUT2D eigenvalue weighted by Crippen LogP contribution is -2.47. The maximum atomic E-state index is 12.5. The van der Waals surface area contributed by atoms with Gasteiger partial charge in [0.05, 0.1) is 11.6 Å². The summed E-state index contributed by atoms with van der Waals surface area (Å²) in [6, 6.07) is 7.55. The van der Waals surface area contributed by atoms with Gasteiger partial charge in [-0.2, -0.15) is 0 Å². The molecule has 0 aromatic heterocycles. The highest BCUT2D eigenvalue weighted by molar-refractivity contribution is 8.01. The van der Waals surface area contributed by atoms with Gasteiger partial charge in [-0.05, 0) is 43.7 Å². The van der Waals surface area contributed by atoms with Gasteiger partial charge in [0.1, 0.15) is 0 Å². The average Bonchev–Trinajstić information content (AvgIpc) is 2.63. The van der Waals surface area contributed by atoms with Crippen LogP contribution in [0, 0.1) is 11.8 Å². The smallest absolute Gasteiger partial charge is 0.306 e. The molecular weight excluding hydrogens is 340 g/mol. The number of hydrogen-bond donors (Lipinski definition) is 2. The number of thioether (sulfide) groups is 1. The first-order chi connectivity index (χ1) is 12.0. The third kappa shape index (κ3) is 3.81. The fourth-order valence-electron chi connectivity index (χ4n) is 3.42. The Morgan fingerprint density at radius 3 is 2.60 bits per heavy atom. The Hall–Kier alpha value is -2.02. The van der Waals surface area contributed by atoms with Crippen LogP contribution >= 0.6 is 11.8 Å². The zero-order valence-corrected chi connectivity index (χ0v) is 14.9. The molecule has 0 radical (unpaired) electrons. The molecule has 1 fully saturated rings. The number of carboxylic acids is 1. The van der Waals surface area contributed by atoms with Gasteiger partial charge in [-0.25, -0.2) is 0 Å². The second kappa shape index (κ2) is 7.47. The quantitative estimate of drug-likeness (QED) is 0.802. The number of anilines is 1. The van der Waals surface area contributed by atoms with Crippen molar-refractivity contribution in [2.45, 2.75) is 35.8 Å². The van der Waals surface area contributed by atoms with Crippen LogP contribution in [0.5, 0.6) is 0 Å². The molecule has 1 aromatic rings. The molecule has 2 amide bonds. The summed E-state index contributed by atoms with van der Waals surface area (Å²) in [6.45, 7) is 0.501. The molecule has 1 saturated carbocycles. The fraction of sp³-hybridized carbons (Fsp3) is 0.500. The van der Waals surface area contributed by atoms with Crippen LogP contribution in [0.4, 0.5) is 5.69 Å². The number of rotatable bonds is 4. The molecule has 3 rings (SSSR count). The van der Waals surface area contributed by atoms with Crippen LogP contribution in [0.2, 0.25) is 0 Å². The van der Waals surface area contributed by atoms with E-state index in [9.17, 15) is 14.4 Å². The Labute approximate surface area is 151 Å². The van der Waals surface area contributed by atoms with E-state index >= 15 is 0 Å². The number of hydrogen-bond acceptors (Lipinski definition) is 4. The van der Waals surface area contributed by atoms with Gasteiger partial charge in [-0.3, -0.25) is 14.4 Å². The SMILES string of the molecule is CN1C(=O)C(C(=O)NCC2CCC(C(=O)O)CC2)Sc2ccccc21. The van der Waals surface area contributed by atoms with E-state index in [1.54, 1.807) is 7.05 Å². The van der Waals surface area contributed by atoms with Crippen LogP contribution < -0.4 is 10.2 Å². The summed E-state index contributed by atoms with van der Waals surface area (Å²) in [6.07, 6.45) is 2.91. The summed E-state index contributed by atoms with van der Waals surface area (Å²) in [7, 11) is 1.69. The van der Waals surface area contributed by atoms with E-state index in [0.717, 1.165) is 23.4 Å². The molecular formula is C18H22N2O4S. The van der Waals surface area contributed by atoms with E-state index in [1.165, 1.54) is 16.7 Å². The van der Waals surface area contributed by atoms with E-state index < -0.39 is 11.2 Å². The minimum absolute atomic E-state index is 0.212.